The number of fused-ring (bicyclic) bond motifs is 2. The minimum atomic E-state index is -0.118. The van der Waals surface area contributed by atoms with Crippen molar-refractivity contribution in [2.75, 3.05) is 0 Å². The lowest BCUT2D eigenvalue weighted by atomic mass is 9.66. The van der Waals surface area contributed by atoms with Gasteiger partial charge in [0.05, 0.1) is 18.4 Å². The highest BCUT2D eigenvalue weighted by Gasteiger charge is 2.59. The van der Waals surface area contributed by atoms with Crippen LogP contribution in [0.1, 0.15) is 45.7 Å². The van der Waals surface area contributed by atoms with E-state index in [1.807, 2.05) is 35.4 Å². The molecule has 0 N–H and O–H groups in total. The van der Waals surface area contributed by atoms with Gasteiger partial charge in [0.2, 0.25) is 5.91 Å². The van der Waals surface area contributed by atoms with Gasteiger partial charge in [0.1, 0.15) is 5.69 Å². The monoisotopic (exact) mass is 358 g/mol. The van der Waals surface area contributed by atoms with Crippen molar-refractivity contribution in [2.24, 2.45) is 11.3 Å². The van der Waals surface area contributed by atoms with E-state index in [2.05, 4.69) is 31.1 Å². The van der Waals surface area contributed by atoms with Crippen LogP contribution in [0.2, 0.25) is 5.02 Å². The van der Waals surface area contributed by atoms with Crippen LogP contribution in [0.3, 0.4) is 0 Å². The Morgan fingerprint density at radius 3 is 2.88 bits per heavy atom. The van der Waals surface area contributed by atoms with Gasteiger partial charge in [0.15, 0.2) is 0 Å². The number of halogens is 1. The molecule has 1 aromatic carbocycles. The zero-order chi connectivity index (χ0) is 17.8. The molecule has 25 heavy (non-hydrogen) atoms. The topological polar surface area (TPSA) is 51.0 Å². The molecule has 5 nitrogen and oxygen atoms in total. The first-order valence-electron chi connectivity index (χ1n) is 8.79. The van der Waals surface area contributed by atoms with Crippen LogP contribution in [0.15, 0.2) is 30.5 Å². The quantitative estimate of drug-likeness (QED) is 0.837. The maximum Gasteiger partial charge on any atom is 0.223 e. The van der Waals surface area contributed by atoms with Crippen LogP contribution in [-0.2, 0) is 11.3 Å². The Balaban J connectivity index is 1.61. The van der Waals surface area contributed by atoms with Crippen molar-refractivity contribution in [2.45, 2.75) is 52.1 Å². The molecule has 4 rings (SSSR count). The average molecular weight is 359 g/mol. The third kappa shape index (κ3) is 2.48. The van der Waals surface area contributed by atoms with Gasteiger partial charge in [-0.15, -0.1) is 5.10 Å². The second-order valence-corrected chi connectivity index (χ2v) is 8.49. The van der Waals surface area contributed by atoms with Crippen molar-refractivity contribution < 1.29 is 4.79 Å². The van der Waals surface area contributed by atoms with Gasteiger partial charge < -0.3 is 4.90 Å². The Hall–Kier alpha value is -1.88. The fourth-order valence-electron chi connectivity index (χ4n) is 4.55. The molecular formula is C19H23ClN4O. The van der Waals surface area contributed by atoms with Gasteiger partial charge in [0.25, 0.3) is 0 Å². The number of benzene rings is 1. The molecule has 1 saturated carbocycles. The number of carbonyl (C=O) groups is 1. The van der Waals surface area contributed by atoms with Gasteiger partial charge in [-0.2, -0.15) is 0 Å². The summed E-state index contributed by atoms with van der Waals surface area (Å²) in [5, 5.41) is 9.16. The third-order valence-electron chi connectivity index (χ3n) is 6.64. The minimum Gasteiger partial charge on any atom is -0.331 e. The lowest BCUT2D eigenvalue weighted by molar-refractivity contribution is -0.152. The molecule has 0 unspecified atom stereocenters. The van der Waals surface area contributed by atoms with Gasteiger partial charge >= 0.3 is 0 Å². The second-order valence-electron chi connectivity index (χ2n) is 8.05. The molecule has 2 aromatic rings. The normalized spacial score (nSPS) is 27.8. The number of rotatable bonds is 3. The van der Waals surface area contributed by atoms with E-state index < -0.39 is 0 Å². The molecule has 6 heteroatoms. The standard InChI is InChI=1S/C19H23ClN4O/c1-18(2)13-7-8-19(18,3)23(17(25)9-13)11-15-12-24(22-21-15)16-6-4-5-14(20)10-16/h4-6,10,12-13H,7-9,11H2,1-3H3/t13-,19-/m0/s1. The molecule has 0 spiro atoms. The summed E-state index contributed by atoms with van der Waals surface area (Å²) in [7, 11) is 0. The zero-order valence-corrected chi connectivity index (χ0v) is 15.6. The predicted molar refractivity (Wildman–Crippen MR) is 96.4 cm³/mol. The summed E-state index contributed by atoms with van der Waals surface area (Å²) < 4.78 is 1.71. The number of hydrogen-bond donors (Lipinski definition) is 0. The summed E-state index contributed by atoms with van der Waals surface area (Å²) >= 11 is 6.05. The van der Waals surface area contributed by atoms with Crippen molar-refractivity contribution in [3.63, 3.8) is 0 Å². The summed E-state index contributed by atoms with van der Waals surface area (Å²) in [6, 6.07) is 7.49. The van der Waals surface area contributed by atoms with E-state index in [-0.39, 0.29) is 16.9 Å². The molecule has 0 radical (unpaired) electrons. The molecule has 1 aliphatic carbocycles. The highest BCUT2D eigenvalue weighted by molar-refractivity contribution is 6.30. The van der Waals surface area contributed by atoms with Gasteiger partial charge in [-0.25, -0.2) is 4.68 Å². The highest BCUT2D eigenvalue weighted by atomic mass is 35.5. The molecule has 1 saturated heterocycles. The first kappa shape index (κ1) is 16.6. The van der Waals surface area contributed by atoms with Crippen molar-refractivity contribution in [3.05, 3.63) is 41.2 Å². The molecule has 1 amide bonds. The van der Waals surface area contributed by atoms with Gasteiger partial charge in [0, 0.05) is 17.0 Å². The lowest BCUT2D eigenvalue weighted by Crippen LogP contribution is -2.60. The molecule has 2 heterocycles. The number of piperidine rings is 1. The molecule has 2 atom stereocenters. The van der Waals surface area contributed by atoms with E-state index in [1.165, 1.54) is 0 Å². The first-order valence-corrected chi connectivity index (χ1v) is 9.17. The van der Waals surface area contributed by atoms with Crippen molar-refractivity contribution in [1.82, 2.24) is 19.9 Å². The molecule has 2 aliphatic rings. The fourth-order valence-corrected chi connectivity index (χ4v) is 4.74. The lowest BCUT2D eigenvalue weighted by Gasteiger charge is -2.52. The Morgan fingerprint density at radius 2 is 2.12 bits per heavy atom. The van der Waals surface area contributed by atoms with Gasteiger partial charge in [-0.05, 0) is 49.3 Å². The summed E-state index contributed by atoms with van der Waals surface area (Å²) in [5.74, 6) is 0.727. The van der Waals surface area contributed by atoms with Crippen LogP contribution in [0.25, 0.3) is 5.69 Å². The summed E-state index contributed by atoms with van der Waals surface area (Å²) in [5.41, 5.74) is 1.68. The Kier molecular flexibility index (Phi) is 3.69. The van der Waals surface area contributed by atoms with Crippen LogP contribution < -0.4 is 0 Å². The SMILES string of the molecule is CC1(C)[C@H]2CC[C@]1(C)N(Cc1cn(-c3cccc(Cl)c3)nn1)C(=O)C2. The van der Waals surface area contributed by atoms with Crippen LogP contribution in [-0.4, -0.2) is 31.3 Å². The van der Waals surface area contributed by atoms with Crippen molar-refractivity contribution in [1.29, 1.82) is 0 Å². The van der Waals surface area contributed by atoms with Gasteiger partial charge in [-0.3, -0.25) is 4.79 Å². The molecule has 1 aliphatic heterocycles. The van der Waals surface area contributed by atoms with Crippen LogP contribution in [0.4, 0.5) is 0 Å². The van der Waals surface area contributed by atoms with E-state index in [0.29, 0.717) is 23.9 Å². The van der Waals surface area contributed by atoms with Crippen molar-refractivity contribution >= 4 is 17.5 Å². The zero-order valence-electron chi connectivity index (χ0n) is 14.9. The maximum absolute atomic E-state index is 12.7. The van der Waals surface area contributed by atoms with Crippen LogP contribution in [0.5, 0.6) is 0 Å². The second kappa shape index (κ2) is 5.56. The summed E-state index contributed by atoms with van der Waals surface area (Å²) in [4.78, 5) is 14.8. The molecule has 1 aromatic heterocycles. The van der Waals surface area contributed by atoms with E-state index in [4.69, 9.17) is 11.6 Å². The predicted octanol–water partition coefficient (Wildman–Crippen LogP) is 3.85. The number of amides is 1. The minimum absolute atomic E-state index is 0.118. The molecule has 132 valence electrons. The smallest absolute Gasteiger partial charge is 0.223 e. The number of likely N-dealkylation sites (tertiary alicyclic amines) is 1. The number of hydrogen-bond acceptors (Lipinski definition) is 3. The number of nitrogens with zero attached hydrogens (tertiary/aromatic N) is 4. The highest BCUT2D eigenvalue weighted by Crippen LogP contribution is 2.57. The van der Waals surface area contributed by atoms with E-state index in [1.54, 1.807) is 4.68 Å². The van der Waals surface area contributed by atoms with Crippen LogP contribution >= 0.6 is 11.6 Å². The fraction of sp³-hybridized carbons (Fsp3) is 0.526. The first-order chi connectivity index (χ1) is 11.8. The van der Waals surface area contributed by atoms with Crippen LogP contribution in [0, 0.1) is 11.3 Å². The summed E-state index contributed by atoms with van der Waals surface area (Å²) in [6.07, 6.45) is 4.71. The molecule has 2 fully saturated rings. The average Bonchev–Trinajstić information content (AvgIpc) is 3.07. The van der Waals surface area contributed by atoms with E-state index >= 15 is 0 Å². The maximum atomic E-state index is 12.7. The Morgan fingerprint density at radius 1 is 1.32 bits per heavy atom. The van der Waals surface area contributed by atoms with Crippen molar-refractivity contribution in [3.8, 4) is 5.69 Å². The summed E-state index contributed by atoms with van der Waals surface area (Å²) in [6.45, 7) is 7.33. The Labute approximate surface area is 153 Å². The number of aromatic nitrogens is 3. The molecule has 2 bridgehead atoms. The van der Waals surface area contributed by atoms with E-state index in [9.17, 15) is 4.79 Å². The largest absolute Gasteiger partial charge is 0.331 e. The van der Waals surface area contributed by atoms with E-state index in [0.717, 1.165) is 24.2 Å². The van der Waals surface area contributed by atoms with Gasteiger partial charge in [-0.1, -0.05) is 36.7 Å². The Bertz CT molecular complexity index is 830. The number of carbonyl (C=O) groups excluding carboxylic acids is 1. The third-order valence-corrected chi connectivity index (χ3v) is 6.87. The molecular weight excluding hydrogens is 336 g/mol.